The molecule has 1 unspecified atom stereocenters. The summed E-state index contributed by atoms with van der Waals surface area (Å²) < 4.78 is 0. The first-order valence-corrected chi connectivity index (χ1v) is 6.90. The number of aromatic nitrogens is 1. The van der Waals surface area contributed by atoms with E-state index in [0.717, 1.165) is 10.8 Å². The van der Waals surface area contributed by atoms with E-state index in [1.54, 1.807) is 13.1 Å². The van der Waals surface area contributed by atoms with Crippen LogP contribution < -0.4 is 0 Å². The van der Waals surface area contributed by atoms with Gasteiger partial charge in [-0.1, -0.05) is 31.2 Å². The van der Waals surface area contributed by atoms with Gasteiger partial charge in [-0.25, -0.2) is 0 Å². The number of pyridine rings is 1. The molecular formula is C16H18N2O3. The van der Waals surface area contributed by atoms with Gasteiger partial charge in [-0.05, 0) is 18.4 Å². The van der Waals surface area contributed by atoms with E-state index >= 15 is 0 Å². The molecule has 0 aliphatic carbocycles. The van der Waals surface area contributed by atoms with Crippen LogP contribution in [0.5, 0.6) is 0 Å². The van der Waals surface area contributed by atoms with Gasteiger partial charge in [-0.2, -0.15) is 0 Å². The number of benzene rings is 1. The van der Waals surface area contributed by atoms with Gasteiger partial charge in [-0.3, -0.25) is 14.6 Å². The Balaban J connectivity index is 2.34. The van der Waals surface area contributed by atoms with Gasteiger partial charge >= 0.3 is 5.97 Å². The quantitative estimate of drug-likeness (QED) is 0.916. The van der Waals surface area contributed by atoms with Gasteiger partial charge in [-0.15, -0.1) is 0 Å². The predicted octanol–water partition coefficient (Wildman–Crippen LogP) is 2.42. The highest BCUT2D eigenvalue weighted by atomic mass is 16.4. The number of carbonyl (C=O) groups excluding carboxylic acids is 1. The van der Waals surface area contributed by atoms with Crippen molar-refractivity contribution in [2.24, 2.45) is 5.92 Å². The van der Waals surface area contributed by atoms with Gasteiger partial charge < -0.3 is 10.0 Å². The third-order valence-corrected chi connectivity index (χ3v) is 3.46. The fourth-order valence-corrected chi connectivity index (χ4v) is 2.20. The van der Waals surface area contributed by atoms with Crippen molar-refractivity contribution in [1.82, 2.24) is 9.88 Å². The summed E-state index contributed by atoms with van der Waals surface area (Å²) in [5.41, 5.74) is 0.368. The Morgan fingerprint density at radius 2 is 2.00 bits per heavy atom. The highest BCUT2D eigenvalue weighted by Gasteiger charge is 2.22. The third kappa shape index (κ3) is 3.18. The fourth-order valence-electron chi connectivity index (χ4n) is 2.20. The van der Waals surface area contributed by atoms with Crippen molar-refractivity contribution in [3.63, 3.8) is 0 Å². The summed E-state index contributed by atoms with van der Waals surface area (Å²) >= 11 is 0. The van der Waals surface area contributed by atoms with E-state index in [1.165, 1.54) is 4.90 Å². The Morgan fingerprint density at radius 1 is 1.29 bits per heavy atom. The van der Waals surface area contributed by atoms with Crippen molar-refractivity contribution in [2.45, 2.75) is 13.8 Å². The van der Waals surface area contributed by atoms with Gasteiger partial charge in [0.2, 0.25) is 0 Å². The summed E-state index contributed by atoms with van der Waals surface area (Å²) in [6.45, 7) is 4.04. The first-order valence-electron chi connectivity index (χ1n) is 6.90. The van der Waals surface area contributed by atoms with Crippen LogP contribution >= 0.6 is 0 Å². The van der Waals surface area contributed by atoms with Gasteiger partial charge in [0.15, 0.2) is 0 Å². The molecule has 0 bridgehead atoms. The monoisotopic (exact) mass is 286 g/mol. The molecule has 2 aromatic rings. The minimum Gasteiger partial charge on any atom is -0.481 e. The van der Waals surface area contributed by atoms with Crippen LogP contribution in [0.1, 0.15) is 24.3 Å². The minimum absolute atomic E-state index is 0.176. The number of carboxylic acid groups (broad SMARTS) is 1. The molecular weight excluding hydrogens is 268 g/mol. The number of hydrogen-bond acceptors (Lipinski definition) is 3. The summed E-state index contributed by atoms with van der Waals surface area (Å²) in [5.74, 6) is -1.75. The summed E-state index contributed by atoms with van der Waals surface area (Å²) in [5, 5.41) is 10.7. The molecule has 1 aromatic heterocycles. The Labute approximate surface area is 123 Å². The third-order valence-electron chi connectivity index (χ3n) is 3.46. The highest BCUT2D eigenvalue weighted by Crippen LogP contribution is 2.18. The van der Waals surface area contributed by atoms with Crippen molar-refractivity contribution >= 4 is 22.6 Å². The second-order valence-corrected chi connectivity index (χ2v) is 4.96. The molecule has 0 spiro atoms. The number of rotatable bonds is 5. The average Bonchev–Trinajstić information content (AvgIpc) is 2.51. The Kier molecular flexibility index (Phi) is 4.52. The fraction of sp³-hybridized carbons (Fsp3) is 0.312. The van der Waals surface area contributed by atoms with Crippen LogP contribution in [0.3, 0.4) is 0 Å². The maximum Gasteiger partial charge on any atom is 0.308 e. The van der Waals surface area contributed by atoms with Crippen molar-refractivity contribution in [1.29, 1.82) is 0 Å². The molecule has 1 N–H and O–H groups in total. The Bertz CT molecular complexity index is 664. The zero-order valence-electron chi connectivity index (χ0n) is 12.1. The zero-order chi connectivity index (χ0) is 15.4. The molecule has 0 saturated heterocycles. The Hall–Kier alpha value is -2.43. The van der Waals surface area contributed by atoms with Crippen LogP contribution in [0.15, 0.2) is 36.5 Å². The normalized spacial score (nSPS) is 12.1. The first-order chi connectivity index (χ1) is 10.0. The molecule has 5 heteroatoms. The maximum atomic E-state index is 12.6. The molecule has 21 heavy (non-hydrogen) atoms. The molecule has 0 fully saturated rings. The van der Waals surface area contributed by atoms with Gasteiger partial charge in [0.1, 0.15) is 5.69 Å². The van der Waals surface area contributed by atoms with Gasteiger partial charge in [0.05, 0.1) is 5.92 Å². The van der Waals surface area contributed by atoms with Gasteiger partial charge in [0, 0.05) is 24.7 Å². The SMILES string of the molecule is CCN(CC(C)C(=O)O)C(=O)c1nccc2ccccc12. The number of fused-ring (bicyclic) bond motifs is 1. The molecule has 0 aliphatic heterocycles. The van der Waals surface area contributed by atoms with E-state index in [4.69, 9.17) is 5.11 Å². The van der Waals surface area contributed by atoms with E-state index in [9.17, 15) is 9.59 Å². The Morgan fingerprint density at radius 3 is 2.67 bits per heavy atom. The van der Waals surface area contributed by atoms with E-state index in [1.807, 2.05) is 37.3 Å². The maximum absolute atomic E-state index is 12.6. The van der Waals surface area contributed by atoms with Crippen molar-refractivity contribution < 1.29 is 14.7 Å². The number of nitrogens with zero attached hydrogens (tertiary/aromatic N) is 2. The smallest absolute Gasteiger partial charge is 0.308 e. The largest absolute Gasteiger partial charge is 0.481 e. The van der Waals surface area contributed by atoms with Crippen LogP contribution in [0.25, 0.3) is 10.8 Å². The lowest BCUT2D eigenvalue weighted by Crippen LogP contribution is -2.37. The second kappa shape index (κ2) is 6.35. The lowest BCUT2D eigenvalue weighted by Gasteiger charge is -2.23. The number of carboxylic acids is 1. The molecule has 110 valence electrons. The van der Waals surface area contributed by atoms with Crippen LogP contribution in [0, 0.1) is 5.92 Å². The highest BCUT2D eigenvalue weighted by molar-refractivity contribution is 6.05. The van der Waals surface area contributed by atoms with E-state index in [2.05, 4.69) is 4.98 Å². The first kappa shape index (κ1) is 15.0. The average molecular weight is 286 g/mol. The molecule has 1 heterocycles. The van der Waals surface area contributed by atoms with Crippen LogP contribution in [0.4, 0.5) is 0 Å². The molecule has 1 amide bonds. The molecule has 0 radical (unpaired) electrons. The van der Waals surface area contributed by atoms with Crippen molar-refractivity contribution in [2.75, 3.05) is 13.1 Å². The molecule has 1 atom stereocenters. The number of aliphatic carboxylic acids is 1. The summed E-state index contributed by atoms with van der Waals surface area (Å²) in [7, 11) is 0. The minimum atomic E-state index is -0.910. The zero-order valence-corrected chi connectivity index (χ0v) is 12.1. The van der Waals surface area contributed by atoms with Crippen molar-refractivity contribution in [3.05, 3.63) is 42.2 Å². The van der Waals surface area contributed by atoms with Gasteiger partial charge in [0.25, 0.3) is 5.91 Å². The molecule has 0 saturated carbocycles. The van der Waals surface area contributed by atoms with E-state index < -0.39 is 11.9 Å². The van der Waals surface area contributed by atoms with E-state index in [-0.39, 0.29) is 12.5 Å². The standard InChI is InChI=1S/C16H18N2O3/c1-3-18(10-11(2)16(20)21)15(19)14-13-7-5-4-6-12(13)8-9-17-14/h4-9,11H,3,10H2,1-2H3,(H,20,21). The van der Waals surface area contributed by atoms with Crippen LogP contribution in [-0.4, -0.2) is 40.0 Å². The van der Waals surface area contributed by atoms with Crippen LogP contribution in [0.2, 0.25) is 0 Å². The van der Waals surface area contributed by atoms with E-state index in [0.29, 0.717) is 12.2 Å². The van der Waals surface area contributed by atoms with Crippen LogP contribution in [-0.2, 0) is 4.79 Å². The summed E-state index contributed by atoms with van der Waals surface area (Å²) in [4.78, 5) is 29.3. The molecule has 2 rings (SSSR count). The predicted molar refractivity (Wildman–Crippen MR) is 80.1 cm³/mol. The molecule has 0 aliphatic rings. The lowest BCUT2D eigenvalue weighted by atomic mass is 10.1. The lowest BCUT2D eigenvalue weighted by molar-refractivity contribution is -0.141. The number of carbonyl (C=O) groups is 2. The second-order valence-electron chi connectivity index (χ2n) is 4.96. The number of hydrogen-bond donors (Lipinski definition) is 1. The summed E-state index contributed by atoms with van der Waals surface area (Å²) in [6.07, 6.45) is 1.60. The number of amides is 1. The molecule has 5 nitrogen and oxygen atoms in total. The van der Waals surface area contributed by atoms with Crippen molar-refractivity contribution in [3.8, 4) is 0 Å². The topological polar surface area (TPSA) is 70.5 Å². The molecule has 1 aromatic carbocycles. The summed E-state index contributed by atoms with van der Waals surface area (Å²) in [6, 6.07) is 9.38.